The lowest BCUT2D eigenvalue weighted by Gasteiger charge is -2.14. The number of hydrogen-bond acceptors (Lipinski definition) is 4. The molecule has 0 unspecified atom stereocenters. The second-order valence-electron chi connectivity index (χ2n) is 6.45. The number of ether oxygens (including phenoxy) is 1. The first kappa shape index (κ1) is 19.9. The van der Waals surface area contributed by atoms with Crippen molar-refractivity contribution in [1.82, 2.24) is 14.7 Å². The van der Waals surface area contributed by atoms with Gasteiger partial charge in [-0.3, -0.25) is 14.5 Å². The summed E-state index contributed by atoms with van der Waals surface area (Å²) < 4.78 is 45.4. The maximum Gasteiger partial charge on any atom is 0.435 e. The van der Waals surface area contributed by atoms with Crippen LogP contribution in [0.5, 0.6) is 5.88 Å². The van der Waals surface area contributed by atoms with Gasteiger partial charge in [-0.15, -0.1) is 0 Å². The van der Waals surface area contributed by atoms with Crippen molar-refractivity contribution in [1.29, 1.82) is 0 Å². The van der Waals surface area contributed by atoms with E-state index in [9.17, 15) is 22.8 Å². The zero-order chi connectivity index (χ0) is 20.3. The summed E-state index contributed by atoms with van der Waals surface area (Å²) in [5.41, 5.74) is -0.277. The quantitative estimate of drug-likeness (QED) is 0.504. The smallest absolute Gasteiger partial charge is 0.435 e. The van der Waals surface area contributed by atoms with Gasteiger partial charge in [0, 0.05) is 19.2 Å². The molecule has 1 aromatic heterocycles. The van der Waals surface area contributed by atoms with E-state index in [4.69, 9.17) is 4.74 Å². The first-order valence-electron chi connectivity index (χ1n) is 9.06. The Morgan fingerprint density at radius 1 is 1.04 bits per heavy atom. The van der Waals surface area contributed by atoms with Gasteiger partial charge in [0.05, 0.1) is 17.7 Å². The van der Waals surface area contributed by atoms with Gasteiger partial charge in [-0.2, -0.15) is 18.3 Å². The van der Waals surface area contributed by atoms with Crippen LogP contribution in [0.25, 0.3) is 0 Å². The number of benzene rings is 1. The SMILES string of the molecule is CCCCn1nc(C(F)(F)F)cc1OCCCN1C(=O)c2ccccc2C1=O. The largest absolute Gasteiger partial charge is 0.478 e. The minimum Gasteiger partial charge on any atom is -0.478 e. The van der Waals surface area contributed by atoms with Gasteiger partial charge in [-0.25, -0.2) is 4.68 Å². The van der Waals surface area contributed by atoms with Crippen LogP contribution in [0, 0.1) is 0 Å². The van der Waals surface area contributed by atoms with Crippen LogP contribution in [0.3, 0.4) is 0 Å². The molecule has 0 N–H and O–H groups in total. The van der Waals surface area contributed by atoms with Crippen molar-refractivity contribution < 1.29 is 27.5 Å². The molecule has 0 aliphatic carbocycles. The van der Waals surface area contributed by atoms with Crippen LogP contribution in [0.2, 0.25) is 0 Å². The van der Waals surface area contributed by atoms with Crippen molar-refractivity contribution in [3.8, 4) is 5.88 Å². The Hall–Kier alpha value is -2.84. The molecular weight excluding hydrogens is 375 g/mol. The number of rotatable bonds is 8. The second-order valence-corrected chi connectivity index (χ2v) is 6.45. The number of halogens is 3. The van der Waals surface area contributed by atoms with Gasteiger partial charge < -0.3 is 4.74 Å². The lowest BCUT2D eigenvalue weighted by Crippen LogP contribution is -2.31. The summed E-state index contributed by atoms with van der Waals surface area (Å²) in [4.78, 5) is 25.7. The molecule has 0 fully saturated rings. The van der Waals surface area contributed by atoms with E-state index in [1.807, 2.05) is 6.92 Å². The number of aromatic nitrogens is 2. The van der Waals surface area contributed by atoms with E-state index in [1.165, 1.54) is 4.68 Å². The van der Waals surface area contributed by atoms with Crippen molar-refractivity contribution in [2.45, 2.75) is 38.9 Å². The molecule has 0 radical (unpaired) electrons. The highest BCUT2D eigenvalue weighted by molar-refractivity contribution is 6.21. The van der Waals surface area contributed by atoms with Crippen LogP contribution in [-0.2, 0) is 12.7 Å². The lowest BCUT2D eigenvalue weighted by atomic mass is 10.1. The predicted octanol–water partition coefficient (Wildman–Crippen LogP) is 3.77. The van der Waals surface area contributed by atoms with E-state index in [0.29, 0.717) is 30.5 Å². The monoisotopic (exact) mass is 395 g/mol. The summed E-state index contributed by atoms with van der Waals surface area (Å²) in [5.74, 6) is -0.705. The number of unbranched alkanes of at least 4 members (excludes halogenated alkanes) is 1. The van der Waals surface area contributed by atoms with Crippen molar-refractivity contribution >= 4 is 11.8 Å². The van der Waals surface area contributed by atoms with E-state index in [0.717, 1.165) is 17.4 Å². The van der Waals surface area contributed by atoms with E-state index in [-0.39, 0.29) is 30.8 Å². The maximum absolute atomic E-state index is 12.9. The van der Waals surface area contributed by atoms with Gasteiger partial charge >= 0.3 is 6.18 Å². The summed E-state index contributed by atoms with van der Waals surface area (Å²) in [6, 6.07) is 7.43. The zero-order valence-corrected chi connectivity index (χ0v) is 15.3. The number of carbonyl (C=O) groups excluding carboxylic acids is 2. The molecule has 2 heterocycles. The topological polar surface area (TPSA) is 64.4 Å². The molecule has 2 amide bonds. The molecule has 6 nitrogen and oxygen atoms in total. The molecule has 3 rings (SSSR count). The third-order valence-corrected chi connectivity index (χ3v) is 4.41. The number of imide groups is 1. The minimum absolute atomic E-state index is 0.0307. The fourth-order valence-corrected chi connectivity index (χ4v) is 2.96. The van der Waals surface area contributed by atoms with E-state index >= 15 is 0 Å². The Kier molecular flexibility index (Phi) is 5.71. The van der Waals surface area contributed by atoms with Crippen LogP contribution >= 0.6 is 0 Å². The summed E-state index contributed by atoms with van der Waals surface area (Å²) in [5, 5.41) is 3.57. The number of aryl methyl sites for hydroxylation is 1. The van der Waals surface area contributed by atoms with Gasteiger partial charge in [0.15, 0.2) is 5.69 Å². The maximum atomic E-state index is 12.9. The number of hydrogen-bond donors (Lipinski definition) is 0. The van der Waals surface area contributed by atoms with Gasteiger partial charge in [0.1, 0.15) is 0 Å². The Morgan fingerprint density at radius 2 is 1.68 bits per heavy atom. The van der Waals surface area contributed by atoms with Crippen LogP contribution in [0.1, 0.15) is 52.6 Å². The van der Waals surface area contributed by atoms with Gasteiger partial charge in [-0.1, -0.05) is 25.5 Å². The summed E-state index contributed by atoms with van der Waals surface area (Å²) >= 11 is 0. The Bertz CT molecular complexity index is 842. The Balaban J connectivity index is 1.59. The molecular formula is C19H20F3N3O3. The van der Waals surface area contributed by atoms with Gasteiger partial charge in [0.2, 0.25) is 5.88 Å². The standard InChI is InChI=1S/C19H20F3N3O3/c1-2-3-10-25-16(12-15(23-25)19(20,21)22)28-11-6-9-24-17(26)13-7-4-5-8-14(13)18(24)27/h4-5,7-8,12H,2-3,6,9-11H2,1H3. The zero-order valence-electron chi connectivity index (χ0n) is 15.3. The molecule has 1 aliphatic rings. The average molecular weight is 395 g/mol. The number of nitrogens with zero attached hydrogens (tertiary/aromatic N) is 3. The minimum atomic E-state index is -4.55. The predicted molar refractivity (Wildman–Crippen MR) is 94.1 cm³/mol. The molecule has 1 aromatic carbocycles. The molecule has 0 spiro atoms. The molecule has 9 heteroatoms. The summed E-state index contributed by atoms with van der Waals surface area (Å²) in [7, 11) is 0. The fraction of sp³-hybridized carbons (Fsp3) is 0.421. The van der Waals surface area contributed by atoms with Crippen molar-refractivity contribution in [3.05, 3.63) is 47.2 Å². The molecule has 0 saturated carbocycles. The van der Waals surface area contributed by atoms with Crippen molar-refractivity contribution in [3.63, 3.8) is 0 Å². The second kappa shape index (κ2) is 8.04. The van der Waals surface area contributed by atoms with E-state index in [1.54, 1.807) is 24.3 Å². The van der Waals surface area contributed by atoms with E-state index < -0.39 is 11.9 Å². The first-order chi connectivity index (χ1) is 13.3. The number of amides is 2. The lowest BCUT2D eigenvalue weighted by molar-refractivity contribution is -0.141. The van der Waals surface area contributed by atoms with Crippen molar-refractivity contribution in [2.24, 2.45) is 0 Å². The van der Waals surface area contributed by atoms with Gasteiger partial charge in [0.25, 0.3) is 11.8 Å². The average Bonchev–Trinajstić information content (AvgIpc) is 3.18. The van der Waals surface area contributed by atoms with Crippen LogP contribution < -0.4 is 4.74 Å². The molecule has 0 bridgehead atoms. The number of alkyl halides is 3. The molecule has 28 heavy (non-hydrogen) atoms. The molecule has 2 aromatic rings. The molecule has 1 aliphatic heterocycles. The van der Waals surface area contributed by atoms with Crippen molar-refractivity contribution in [2.75, 3.05) is 13.2 Å². The molecule has 150 valence electrons. The Labute approximate surface area is 159 Å². The van der Waals surface area contributed by atoms with Crippen LogP contribution in [0.4, 0.5) is 13.2 Å². The Morgan fingerprint density at radius 3 is 2.25 bits per heavy atom. The van der Waals surface area contributed by atoms with E-state index in [2.05, 4.69) is 5.10 Å². The summed E-state index contributed by atoms with van der Waals surface area (Å²) in [6.07, 6.45) is -2.77. The molecule has 0 saturated heterocycles. The van der Waals surface area contributed by atoms with Crippen LogP contribution in [-0.4, -0.2) is 39.6 Å². The third kappa shape index (κ3) is 4.02. The molecule has 0 atom stereocenters. The summed E-state index contributed by atoms with van der Waals surface area (Å²) in [6.45, 7) is 2.43. The van der Waals surface area contributed by atoms with Gasteiger partial charge in [-0.05, 0) is 25.0 Å². The highest BCUT2D eigenvalue weighted by Gasteiger charge is 2.36. The highest BCUT2D eigenvalue weighted by atomic mass is 19.4. The number of carbonyl (C=O) groups is 2. The highest BCUT2D eigenvalue weighted by Crippen LogP contribution is 2.31. The fourth-order valence-electron chi connectivity index (χ4n) is 2.96. The number of fused-ring (bicyclic) bond motifs is 1. The normalized spacial score (nSPS) is 13.9. The first-order valence-corrected chi connectivity index (χ1v) is 9.06. The van der Waals surface area contributed by atoms with Crippen LogP contribution in [0.15, 0.2) is 30.3 Å². The third-order valence-electron chi connectivity index (χ3n) is 4.41.